The van der Waals surface area contributed by atoms with Crippen molar-refractivity contribution in [3.63, 3.8) is 0 Å². The van der Waals surface area contributed by atoms with Crippen LogP contribution in [-0.2, 0) is 6.54 Å². The van der Waals surface area contributed by atoms with Crippen molar-refractivity contribution in [2.45, 2.75) is 13.5 Å². The van der Waals surface area contributed by atoms with E-state index in [9.17, 15) is 9.59 Å². The van der Waals surface area contributed by atoms with Gasteiger partial charge in [0.1, 0.15) is 17.1 Å². The van der Waals surface area contributed by atoms with E-state index in [0.717, 1.165) is 15.7 Å². The molecule has 1 amide bonds. The van der Waals surface area contributed by atoms with Gasteiger partial charge in [0, 0.05) is 28.0 Å². The fourth-order valence-corrected chi connectivity index (χ4v) is 3.28. The van der Waals surface area contributed by atoms with Gasteiger partial charge in [-0.15, -0.1) is 0 Å². The zero-order chi connectivity index (χ0) is 21.1. The number of halogens is 1. The van der Waals surface area contributed by atoms with Crippen molar-refractivity contribution < 1.29 is 14.1 Å². The van der Waals surface area contributed by atoms with Gasteiger partial charge in [0.2, 0.25) is 0 Å². The first-order valence-corrected chi connectivity index (χ1v) is 9.95. The third kappa shape index (κ3) is 4.08. The summed E-state index contributed by atoms with van der Waals surface area (Å²) in [5, 5.41) is 6.84. The molecule has 0 aliphatic rings. The summed E-state index contributed by atoms with van der Waals surface area (Å²) in [5.74, 6) is -0.179. The van der Waals surface area contributed by atoms with Gasteiger partial charge < -0.3 is 14.8 Å². The molecule has 0 aliphatic carbocycles. The lowest BCUT2D eigenvalue weighted by Gasteiger charge is -2.03. The van der Waals surface area contributed by atoms with Gasteiger partial charge in [-0.05, 0) is 37.3 Å². The molecule has 4 rings (SSSR count). The second kappa shape index (κ2) is 8.46. The van der Waals surface area contributed by atoms with Crippen LogP contribution in [0, 0.1) is 6.92 Å². The molecule has 2 N–H and O–H groups in total. The number of aromatic nitrogens is 3. The van der Waals surface area contributed by atoms with Crippen molar-refractivity contribution in [2.24, 2.45) is 0 Å². The monoisotopic (exact) mass is 464 g/mol. The standard InChI is InChI=1S/C22H17BrN4O3/c1-13-19(20(27-30-13)14-5-7-16(23)8-6-14)21(28)15-10-18(25-11-15)22(29)26-12-17-4-2-3-9-24-17/h2-11,25H,12H2,1H3,(H,26,29). The van der Waals surface area contributed by atoms with E-state index in [1.54, 1.807) is 13.1 Å². The first kappa shape index (κ1) is 19.8. The SMILES string of the molecule is Cc1onc(-c2ccc(Br)cc2)c1C(=O)c1c[nH]c(C(=O)NCc2ccccn2)c1. The summed E-state index contributed by atoms with van der Waals surface area (Å²) < 4.78 is 6.21. The Morgan fingerprint density at radius 3 is 2.70 bits per heavy atom. The summed E-state index contributed by atoms with van der Waals surface area (Å²) in [6.45, 7) is 1.98. The van der Waals surface area contributed by atoms with Crippen molar-refractivity contribution in [2.75, 3.05) is 0 Å². The van der Waals surface area contributed by atoms with Crippen molar-refractivity contribution in [3.05, 3.63) is 93.7 Å². The molecule has 0 unspecified atom stereocenters. The fraction of sp³-hybridized carbons (Fsp3) is 0.0909. The minimum Gasteiger partial charge on any atom is -0.360 e. The van der Waals surface area contributed by atoms with E-state index in [1.165, 1.54) is 12.3 Å². The molecule has 1 aromatic carbocycles. The highest BCUT2D eigenvalue weighted by molar-refractivity contribution is 9.10. The highest BCUT2D eigenvalue weighted by Gasteiger charge is 2.24. The van der Waals surface area contributed by atoms with Crippen LogP contribution >= 0.6 is 15.9 Å². The Hall–Kier alpha value is -3.52. The highest BCUT2D eigenvalue weighted by atomic mass is 79.9. The Morgan fingerprint density at radius 1 is 1.17 bits per heavy atom. The topological polar surface area (TPSA) is 101 Å². The van der Waals surface area contributed by atoms with E-state index in [0.29, 0.717) is 29.1 Å². The predicted octanol–water partition coefficient (Wildman–Crippen LogP) is 4.30. The molecule has 4 aromatic rings. The van der Waals surface area contributed by atoms with Crippen LogP contribution in [0.2, 0.25) is 0 Å². The molecule has 0 spiro atoms. The number of carbonyl (C=O) groups excluding carboxylic acids is 2. The van der Waals surface area contributed by atoms with Gasteiger partial charge >= 0.3 is 0 Å². The van der Waals surface area contributed by atoms with Gasteiger partial charge in [0.15, 0.2) is 5.78 Å². The van der Waals surface area contributed by atoms with Crippen molar-refractivity contribution in [3.8, 4) is 11.3 Å². The van der Waals surface area contributed by atoms with Crippen LogP contribution < -0.4 is 5.32 Å². The van der Waals surface area contributed by atoms with Crippen LogP contribution in [0.25, 0.3) is 11.3 Å². The van der Waals surface area contributed by atoms with Crippen molar-refractivity contribution in [1.82, 2.24) is 20.4 Å². The minimum atomic E-state index is -0.324. The van der Waals surface area contributed by atoms with Crippen LogP contribution in [-0.4, -0.2) is 26.8 Å². The number of amides is 1. The summed E-state index contributed by atoms with van der Waals surface area (Å²) in [6.07, 6.45) is 3.17. The maximum atomic E-state index is 13.1. The Balaban J connectivity index is 1.54. The average molecular weight is 465 g/mol. The fourth-order valence-electron chi connectivity index (χ4n) is 3.01. The lowest BCUT2D eigenvalue weighted by molar-refractivity contribution is 0.0946. The molecule has 150 valence electrons. The molecule has 8 heteroatoms. The third-order valence-corrected chi connectivity index (χ3v) is 5.08. The van der Waals surface area contributed by atoms with E-state index in [-0.39, 0.29) is 17.4 Å². The Bertz CT molecular complexity index is 1200. The number of ketones is 1. The molecule has 0 atom stereocenters. The van der Waals surface area contributed by atoms with Crippen molar-refractivity contribution in [1.29, 1.82) is 0 Å². The van der Waals surface area contributed by atoms with Gasteiger partial charge in [0.25, 0.3) is 5.91 Å². The second-order valence-electron chi connectivity index (χ2n) is 6.60. The smallest absolute Gasteiger partial charge is 0.268 e. The molecule has 0 aliphatic heterocycles. The Labute approximate surface area is 180 Å². The van der Waals surface area contributed by atoms with Gasteiger partial charge in [0.05, 0.1) is 17.8 Å². The molecule has 30 heavy (non-hydrogen) atoms. The van der Waals surface area contributed by atoms with E-state index in [4.69, 9.17) is 4.52 Å². The van der Waals surface area contributed by atoms with Crippen LogP contribution in [0.1, 0.15) is 37.9 Å². The lowest BCUT2D eigenvalue weighted by Crippen LogP contribution is -2.23. The average Bonchev–Trinajstić information content (AvgIpc) is 3.40. The number of aryl methyl sites for hydroxylation is 1. The van der Waals surface area contributed by atoms with Crippen LogP contribution in [0.4, 0.5) is 0 Å². The van der Waals surface area contributed by atoms with Crippen LogP contribution in [0.3, 0.4) is 0 Å². The Morgan fingerprint density at radius 2 is 1.97 bits per heavy atom. The largest absolute Gasteiger partial charge is 0.360 e. The number of hydrogen-bond donors (Lipinski definition) is 2. The lowest BCUT2D eigenvalue weighted by atomic mass is 9.99. The first-order chi connectivity index (χ1) is 14.5. The van der Waals surface area contributed by atoms with Crippen LogP contribution in [0.5, 0.6) is 0 Å². The number of H-pyrrole nitrogens is 1. The molecule has 7 nitrogen and oxygen atoms in total. The predicted molar refractivity (Wildman–Crippen MR) is 114 cm³/mol. The van der Waals surface area contributed by atoms with Gasteiger partial charge in [-0.1, -0.05) is 39.3 Å². The molecule has 0 saturated heterocycles. The van der Waals surface area contributed by atoms with Gasteiger partial charge in [-0.25, -0.2) is 0 Å². The maximum absolute atomic E-state index is 13.1. The summed E-state index contributed by atoms with van der Waals surface area (Å²) >= 11 is 3.39. The molecule has 0 bridgehead atoms. The molecule has 0 saturated carbocycles. The summed E-state index contributed by atoms with van der Waals surface area (Å²) in [4.78, 5) is 32.6. The number of aromatic amines is 1. The summed E-state index contributed by atoms with van der Waals surface area (Å²) in [5.41, 5.74) is 2.98. The molecule has 3 aromatic heterocycles. The summed E-state index contributed by atoms with van der Waals surface area (Å²) in [7, 11) is 0. The zero-order valence-corrected chi connectivity index (χ0v) is 17.6. The summed E-state index contributed by atoms with van der Waals surface area (Å²) in [6, 6.07) is 14.4. The highest BCUT2D eigenvalue weighted by Crippen LogP contribution is 2.28. The van der Waals surface area contributed by atoms with E-state index < -0.39 is 0 Å². The molecular formula is C22H17BrN4O3. The van der Waals surface area contributed by atoms with Crippen molar-refractivity contribution >= 4 is 27.6 Å². The quantitative estimate of drug-likeness (QED) is 0.414. The molecular weight excluding hydrogens is 448 g/mol. The molecule has 0 fully saturated rings. The number of hydrogen-bond acceptors (Lipinski definition) is 5. The van der Waals surface area contributed by atoms with E-state index in [1.807, 2.05) is 42.5 Å². The zero-order valence-electron chi connectivity index (χ0n) is 16.0. The maximum Gasteiger partial charge on any atom is 0.268 e. The second-order valence-corrected chi connectivity index (χ2v) is 7.52. The third-order valence-electron chi connectivity index (χ3n) is 4.55. The van der Waals surface area contributed by atoms with E-state index in [2.05, 4.69) is 36.4 Å². The van der Waals surface area contributed by atoms with E-state index >= 15 is 0 Å². The first-order valence-electron chi connectivity index (χ1n) is 9.16. The molecule has 0 radical (unpaired) electrons. The number of nitrogens with one attached hydrogen (secondary N) is 2. The number of carbonyl (C=O) groups is 2. The minimum absolute atomic E-state index is 0.272. The van der Waals surface area contributed by atoms with Gasteiger partial charge in [-0.2, -0.15) is 0 Å². The number of benzene rings is 1. The molecule has 3 heterocycles. The number of nitrogens with zero attached hydrogens (tertiary/aromatic N) is 2. The Kier molecular flexibility index (Phi) is 5.58. The number of pyridine rings is 1. The van der Waals surface area contributed by atoms with Gasteiger partial charge in [-0.3, -0.25) is 14.6 Å². The normalized spacial score (nSPS) is 10.7. The van der Waals surface area contributed by atoms with Crippen LogP contribution in [0.15, 0.2) is 69.9 Å². The number of rotatable bonds is 6.